The second kappa shape index (κ2) is 7.73. The van der Waals surface area contributed by atoms with Gasteiger partial charge in [0.15, 0.2) is 5.65 Å². The number of carbonyl (C=O) groups excluding carboxylic acids is 2. The van der Waals surface area contributed by atoms with E-state index in [1.165, 1.54) is 41.0 Å². The number of amides is 1. The van der Waals surface area contributed by atoms with Crippen LogP contribution in [0.2, 0.25) is 0 Å². The number of rotatable bonds is 4. The van der Waals surface area contributed by atoms with E-state index in [0.717, 1.165) is 6.07 Å². The summed E-state index contributed by atoms with van der Waals surface area (Å²) in [6.45, 7) is 0. The highest BCUT2D eigenvalue weighted by Gasteiger charge is 2.34. The quantitative estimate of drug-likeness (QED) is 0.456. The molecule has 33 heavy (non-hydrogen) atoms. The Balaban J connectivity index is 1.36. The maximum Gasteiger partial charge on any atom is 0.417 e. The van der Waals surface area contributed by atoms with Crippen molar-refractivity contribution in [3.63, 3.8) is 0 Å². The van der Waals surface area contributed by atoms with Crippen LogP contribution in [0.4, 0.5) is 19.1 Å². The molecule has 166 valence electrons. The summed E-state index contributed by atoms with van der Waals surface area (Å²) in [5.74, 6) is -0.970. The summed E-state index contributed by atoms with van der Waals surface area (Å²) in [5, 5.41) is 6.69. The normalized spacial score (nSPS) is 15.4. The highest BCUT2D eigenvalue weighted by Crippen LogP contribution is 2.37. The average Bonchev–Trinajstić information content (AvgIpc) is 3.33. The first-order valence-electron chi connectivity index (χ1n) is 9.92. The molecule has 2 aromatic heterocycles. The summed E-state index contributed by atoms with van der Waals surface area (Å²) in [6, 6.07) is 15.1. The molecular formula is C23H15F3N4O3. The zero-order chi connectivity index (χ0) is 23.2. The predicted molar refractivity (Wildman–Crippen MR) is 111 cm³/mol. The van der Waals surface area contributed by atoms with Crippen molar-refractivity contribution in [2.75, 3.05) is 5.32 Å². The third kappa shape index (κ3) is 3.91. The number of aromatic nitrogens is 3. The molecule has 5 rings (SSSR count). The fourth-order valence-corrected chi connectivity index (χ4v) is 3.79. The van der Waals surface area contributed by atoms with Crippen molar-refractivity contribution < 1.29 is 27.5 Å². The van der Waals surface area contributed by atoms with Crippen LogP contribution < -0.4 is 5.32 Å². The fourth-order valence-electron chi connectivity index (χ4n) is 3.79. The molecule has 0 saturated carbocycles. The monoisotopic (exact) mass is 452 g/mol. The van der Waals surface area contributed by atoms with Gasteiger partial charge in [-0.25, -0.2) is 9.31 Å². The first-order chi connectivity index (χ1) is 15.8. The van der Waals surface area contributed by atoms with Gasteiger partial charge in [0.1, 0.15) is 6.10 Å². The number of pyridine rings is 1. The van der Waals surface area contributed by atoms with Gasteiger partial charge in [0, 0.05) is 17.3 Å². The van der Waals surface area contributed by atoms with E-state index in [1.54, 1.807) is 24.3 Å². The topological polar surface area (TPSA) is 85.6 Å². The summed E-state index contributed by atoms with van der Waals surface area (Å²) in [7, 11) is 0. The molecule has 1 amide bonds. The summed E-state index contributed by atoms with van der Waals surface area (Å²) in [5.41, 5.74) is 0.948. The average molecular weight is 452 g/mol. The first kappa shape index (κ1) is 20.7. The lowest BCUT2D eigenvalue weighted by atomic mass is 10.0. The van der Waals surface area contributed by atoms with E-state index in [0.29, 0.717) is 22.3 Å². The Labute approximate surface area is 184 Å². The Bertz CT molecular complexity index is 1400. The highest BCUT2D eigenvalue weighted by molar-refractivity contribution is 5.96. The molecular weight excluding hydrogens is 437 g/mol. The lowest BCUT2D eigenvalue weighted by molar-refractivity contribution is -0.137. The number of nitrogens with one attached hydrogen (secondary N) is 1. The second-order valence-electron chi connectivity index (χ2n) is 7.43. The maximum absolute atomic E-state index is 13.4. The number of fused-ring (bicyclic) bond motifs is 2. The molecule has 0 fully saturated rings. The molecule has 1 aliphatic rings. The minimum atomic E-state index is -4.50. The molecule has 1 aliphatic heterocycles. The fraction of sp³-hybridized carbons (Fsp3) is 0.130. The second-order valence-corrected chi connectivity index (χ2v) is 7.43. The molecule has 3 heterocycles. The largest absolute Gasteiger partial charge is 0.453 e. The Morgan fingerprint density at radius 2 is 1.76 bits per heavy atom. The van der Waals surface area contributed by atoms with Crippen LogP contribution in [0.1, 0.15) is 34.0 Å². The van der Waals surface area contributed by atoms with Crippen LogP contribution in [-0.4, -0.2) is 26.5 Å². The van der Waals surface area contributed by atoms with E-state index in [9.17, 15) is 22.8 Å². The van der Waals surface area contributed by atoms with E-state index in [4.69, 9.17) is 4.74 Å². The highest BCUT2D eigenvalue weighted by atomic mass is 19.4. The van der Waals surface area contributed by atoms with Crippen molar-refractivity contribution >= 4 is 23.5 Å². The zero-order valence-electron chi connectivity index (χ0n) is 16.8. The number of anilines is 1. The van der Waals surface area contributed by atoms with Crippen LogP contribution in [-0.2, 0) is 15.7 Å². The van der Waals surface area contributed by atoms with Crippen molar-refractivity contribution in [3.8, 4) is 11.1 Å². The third-order valence-corrected chi connectivity index (χ3v) is 5.27. The van der Waals surface area contributed by atoms with Crippen LogP contribution >= 0.6 is 0 Å². The lowest BCUT2D eigenvalue weighted by Crippen LogP contribution is -2.16. The molecule has 1 N–H and O–H groups in total. The molecule has 1 atom stereocenters. The number of hydrogen-bond acceptors (Lipinski definition) is 5. The molecule has 0 saturated heterocycles. The maximum atomic E-state index is 13.4. The molecule has 4 aromatic rings. The summed E-state index contributed by atoms with van der Waals surface area (Å²) < 4.78 is 46.7. The Kier molecular flexibility index (Phi) is 4.85. The van der Waals surface area contributed by atoms with E-state index in [-0.39, 0.29) is 17.9 Å². The van der Waals surface area contributed by atoms with E-state index < -0.39 is 29.7 Å². The molecule has 0 unspecified atom stereocenters. The summed E-state index contributed by atoms with van der Waals surface area (Å²) in [4.78, 5) is 28.6. The van der Waals surface area contributed by atoms with Crippen molar-refractivity contribution in [2.45, 2.75) is 18.7 Å². The van der Waals surface area contributed by atoms with E-state index in [2.05, 4.69) is 15.4 Å². The number of cyclic esters (lactones) is 1. The number of hydrogen-bond donors (Lipinski definition) is 1. The number of carbonyl (C=O) groups is 2. The minimum absolute atomic E-state index is 0.00898. The first-order valence-corrected chi connectivity index (χ1v) is 9.92. The molecule has 0 spiro atoms. The molecule has 10 heteroatoms. The van der Waals surface area contributed by atoms with Gasteiger partial charge in [-0.05, 0) is 29.8 Å². The van der Waals surface area contributed by atoms with Gasteiger partial charge >= 0.3 is 12.1 Å². The van der Waals surface area contributed by atoms with Gasteiger partial charge < -0.3 is 4.74 Å². The van der Waals surface area contributed by atoms with Gasteiger partial charge in [-0.15, -0.1) is 5.10 Å². The van der Waals surface area contributed by atoms with Crippen molar-refractivity contribution in [1.29, 1.82) is 0 Å². The zero-order valence-corrected chi connectivity index (χ0v) is 16.8. The van der Waals surface area contributed by atoms with Crippen LogP contribution in [0, 0.1) is 0 Å². The summed E-state index contributed by atoms with van der Waals surface area (Å²) in [6.07, 6.45) is -3.92. The Hall–Kier alpha value is -4.21. The smallest absolute Gasteiger partial charge is 0.417 e. The number of ether oxygens (including phenoxy) is 1. The Morgan fingerprint density at radius 1 is 1.03 bits per heavy atom. The molecule has 0 bridgehead atoms. The van der Waals surface area contributed by atoms with Crippen molar-refractivity contribution in [2.24, 2.45) is 0 Å². The third-order valence-electron chi connectivity index (χ3n) is 5.27. The van der Waals surface area contributed by atoms with Gasteiger partial charge in [0.2, 0.25) is 11.9 Å². The molecule has 2 aromatic carbocycles. The number of alkyl halides is 3. The van der Waals surface area contributed by atoms with E-state index >= 15 is 0 Å². The molecule has 0 aliphatic carbocycles. The van der Waals surface area contributed by atoms with Crippen molar-refractivity contribution in [1.82, 2.24) is 14.6 Å². The number of halogens is 3. The standard InChI is InChI=1S/C23H15F3N4O3/c24-23(25,26)17-8-4-3-5-14(17)13-9-10-19-27-22(29-30(19)12-13)28-20(31)11-18-15-6-1-2-7-16(15)21(32)33-18/h1-10,12,18H,11H2,(H,28,29,31)/t18-/m1/s1. The molecule has 7 nitrogen and oxygen atoms in total. The Morgan fingerprint density at radius 3 is 2.55 bits per heavy atom. The van der Waals surface area contributed by atoms with Crippen LogP contribution in [0.5, 0.6) is 0 Å². The SMILES string of the molecule is O=C(C[C@H]1OC(=O)c2ccccc21)Nc1nc2ccc(-c3ccccc3C(F)(F)F)cn2n1. The van der Waals surface area contributed by atoms with Crippen LogP contribution in [0.25, 0.3) is 16.8 Å². The van der Waals surface area contributed by atoms with Gasteiger partial charge in [-0.3, -0.25) is 10.1 Å². The lowest BCUT2D eigenvalue weighted by Gasteiger charge is -2.12. The minimum Gasteiger partial charge on any atom is -0.453 e. The number of benzene rings is 2. The predicted octanol–water partition coefficient (Wildman–Crippen LogP) is 4.66. The number of esters is 1. The van der Waals surface area contributed by atoms with Gasteiger partial charge in [-0.2, -0.15) is 18.2 Å². The summed E-state index contributed by atoms with van der Waals surface area (Å²) >= 11 is 0. The van der Waals surface area contributed by atoms with E-state index in [1.807, 2.05) is 0 Å². The van der Waals surface area contributed by atoms with Gasteiger partial charge in [0.05, 0.1) is 17.5 Å². The molecule has 0 radical (unpaired) electrons. The van der Waals surface area contributed by atoms with Crippen LogP contribution in [0.3, 0.4) is 0 Å². The van der Waals surface area contributed by atoms with Gasteiger partial charge in [0.25, 0.3) is 0 Å². The number of nitrogens with zero attached hydrogens (tertiary/aromatic N) is 3. The van der Waals surface area contributed by atoms with Crippen molar-refractivity contribution in [3.05, 3.63) is 83.6 Å². The van der Waals surface area contributed by atoms with Gasteiger partial charge in [-0.1, -0.05) is 36.4 Å². The van der Waals surface area contributed by atoms with Crippen LogP contribution in [0.15, 0.2) is 66.9 Å².